The summed E-state index contributed by atoms with van der Waals surface area (Å²) >= 11 is 0. The van der Waals surface area contributed by atoms with Crippen molar-refractivity contribution in [2.45, 2.75) is 45.1 Å². The average molecular weight is 364 g/mol. The number of carbonyl (C=O) groups excluding carboxylic acids is 1. The predicted octanol–water partition coefficient (Wildman–Crippen LogP) is 2.79. The first-order chi connectivity index (χ1) is 12.4. The molecule has 1 fully saturated rings. The Kier molecular flexibility index (Phi) is 7.57. The molecule has 2 atom stereocenters. The van der Waals surface area contributed by atoms with Crippen molar-refractivity contribution in [3.8, 4) is 0 Å². The van der Waals surface area contributed by atoms with E-state index in [2.05, 4.69) is 0 Å². The molecule has 2 rings (SSSR count). The summed E-state index contributed by atoms with van der Waals surface area (Å²) in [5.74, 6) is -1.03. The van der Waals surface area contributed by atoms with Gasteiger partial charge in [0.2, 0.25) is 5.91 Å². The molecule has 0 saturated carbocycles. The minimum absolute atomic E-state index is 0.0304. The summed E-state index contributed by atoms with van der Waals surface area (Å²) in [5.41, 5.74) is 0.913. The van der Waals surface area contributed by atoms with Gasteiger partial charge in [-0.1, -0.05) is 19.1 Å². The van der Waals surface area contributed by atoms with E-state index in [4.69, 9.17) is 5.11 Å². The fourth-order valence-electron chi connectivity index (χ4n) is 3.59. The third kappa shape index (κ3) is 6.09. The summed E-state index contributed by atoms with van der Waals surface area (Å²) in [7, 11) is 1.83. The number of halogens is 1. The van der Waals surface area contributed by atoms with Crippen molar-refractivity contribution in [1.82, 2.24) is 9.80 Å². The standard InChI is InChI=1S/C20H29FN2O3/c1-15(8-9-16-5-3-6-17(21)13-16)20(26)23-11-4-7-18(10-12-23)22(2)14-19(24)25/h3,5-6,13,15,18H,4,7-12,14H2,1-2H3,(H,24,25)/t15-,18+/m0/s1. The number of rotatable bonds is 7. The lowest BCUT2D eigenvalue weighted by atomic mass is 9.99. The minimum Gasteiger partial charge on any atom is -0.480 e. The third-order valence-corrected chi connectivity index (χ3v) is 5.19. The SMILES string of the molecule is C[C@@H](CCc1cccc(F)c1)C(=O)N1CCC[C@@H](N(C)CC(=O)O)CC1. The molecule has 0 spiro atoms. The molecule has 26 heavy (non-hydrogen) atoms. The molecule has 0 bridgehead atoms. The smallest absolute Gasteiger partial charge is 0.317 e. The zero-order valence-corrected chi connectivity index (χ0v) is 15.7. The first kappa shape index (κ1) is 20.4. The second-order valence-corrected chi connectivity index (χ2v) is 7.29. The molecule has 1 heterocycles. The number of carboxylic acids is 1. The van der Waals surface area contributed by atoms with Crippen molar-refractivity contribution in [3.05, 3.63) is 35.6 Å². The minimum atomic E-state index is -0.823. The molecule has 1 saturated heterocycles. The highest BCUT2D eigenvalue weighted by Gasteiger charge is 2.26. The summed E-state index contributed by atoms with van der Waals surface area (Å²) in [5, 5.41) is 8.94. The maximum absolute atomic E-state index is 13.3. The van der Waals surface area contributed by atoms with Crippen molar-refractivity contribution in [2.75, 3.05) is 26.7 Å². The maximum atomic E-state index is 13.3. The number of aryl methyl sites for hydroxylation is 1. The number of amides is 1. The molecule has 6 heteroatoms. The Morgan fingerprint density at radius 3 is 2.81 bits per heavy atom. The quantitative estimate of drug-likeness (QED) is 0.808. The van der Waals surface area contributed by atoms with Crippen molar-refractivity contribution in [3.63, 3.8) is 0 Å². The third-order valence-electron chi connectivity index (χ3n) is 5.19. The molecule has 1 aliphatic heterocycles. The number of benzene rings is 1. The molecule has 5 nitrogen and oxygen atoms in total. The highest BCUT2D eigenvalue weighted by Crippen LogP contribution is 2.19. The van der Waals surface area contributed by atoms with E-state index >= 15 is 0 Å². The first-order valence-corrected chi connectivity index (χ1v) is 9.32. The van der Waals surface area contributed by atoms with E-state index in [1.165, 1.54) is 12.1 Å². The fraction of sp³-hybridized carbons (Fsp3) is 0.600. The van der Waals surface area contributed by atoms with Crippen LogP contribution in [0.2, 0.25) is 0 Å². The van der Waals surface area contributed by atoms with E-state index in [1.807, 2.05) is 29.8 Å². The van der Waals surface area contributed by atoms with Crippen LogP contribution in [-0.2, 0) is 16.0 Å². The monoisotopic (exact) mass is 364 g/mol. The molecule has 1 aliphatic rings. The predicted molar refractivity (Wildman–Crippen MR) is 98.4 cm³/mol. The van der Waals surface area contributed by atoms with Crippen LogP contribution in [0.15, 0.2) is 24.3 Å². The molecular weight excluding hydrogens is 335 g/mol. The van der Waals surface area contributed by atoms with Gasteiger partial charge in [-0.2, -0.15) is 0 Å². The van der Waals surface area contributed by atoms with Gasteiger partial charge in [0.1, 0.15) is 5.82 Å². The van der Waals surface area contributed by atoms with E-state index in [0.717, 1.165) is 31.4 Å². The number of nitrogens with zero attached hydrogens (tertiary/aromatic N) is 2. The van der Waals surface area contributed by atoms with Crippen molar-refractivity contribution < 1.29 is 19.1 Å². The van der Waals surface area contributed by atoms with E-state index in [1.54, 1.807) is 6.07 Å². The Balaban J connectivity index is 1.83. The summed E-state index contributed by atoms with van der Waals surface area (Å²) in [6.45, 7) is 3.35. The van der Waals surface area contributed by atoms with E-state index in [0.29, 0.717) is 19.4 Å². The fourth-order valence-corrected chi connectivity index (χ4v) is 3.59. The maximum Gasteiger partial charge on any atom is 0.317 e. The summed E-state index contributed by atoms with van der Waals surface area (Å²) in [6, 6.07) is 6.72. The molecule has 0 aromatic heterocycles. The van der Waals surface area contributed by atoms with E-state index < -0.39 is 5.97 Å². The summed E-state index contributed by atoms with van der Waals surface area (Å²) < 4.78 is 13.3. The van der Waals surface area contributed by atoms with E-state index in [-0.39, 0.29) is 30.2 Å². The zero-order valence-electron chi connectivity index (χ0n) is 15.7. The largest absolute Gasteiger partial charge is 0.480 e. The zero-order chi connectivity index (χ0) is 19.1. The molecular formula is C20H29FN2O3. The van der Waals surface area contributed by atoms with Gasteiger partial charge >= 0.3 is 5.97 Å². The molecule has 0 unspecified atom stereocenters. The van der Waals surface area contributed by atoms with Crippen LogP contribution < -0.4 is 0 Å². The number of hydrogen-bond donors (Lipinski definition) is 1. The van der Waals surface area contributed by atoms with Crippen molar-refractivity contribution in [1.29, 1.82) is 0 Å². The van der Waals surface area contributed by atoms with E-state index in [9.17, 15) is 14.0 Å². The van der Waals surface area contributed by atoms with Crippen LogP contribution in [0.1, 0.15) is 38.2 Å². The van der Waals surface area contributed by atoms with Crippen LogP contribution in [0.3, 0.4) is 0 Å². The number of carbonyl (C=O) groups is 2. The summed E-state index contributed by atoms with van der Waals surface area (Å²) in [6.07, 6.45) is 3.97. The van der Waals surface area contributed by atoms with Crippen molar-refractivity contribution >= 4 is 11.9 Å². The second-order valence-electron chi connectivity index (χ2n) is 7.29. The van der Waals surface area contributed by atoms with Gasteiger partial charge in [0.25, 0.3) is 0 Å². The lowest BCUT2D eigenvalue weighted by molar-refractivity contribution is -0.139. The molecule has 144 valence electrons. The number of likely N-dealkylation sites (tertiary alicyclic amines) is 1. The van der Waals surface area contributed by atoms with Gasteiger partial charge in [-0.05, 0) is 56.8 Å². The summed E-state index contributed by atoms with van der Waals surface area (Å²) in [4.78, 5) is 27.4. The van der Waals surface area contributed by atoms with Crippen molar-refractivity contribution in [2.24, 2.45) is 5.92 Å². The topological polar surface area (TPSA) is 60.9 Å². The van der Waals surface area contributed by atoms with Crippen LogP contribution >= 0.6 is 0 Å². The van der Waals surface area contributed by atoms with Gasteiger partial charge in [0, 0.05) is 25.0 Å². The van der Waals surface area contributed by atoms with Crippen LogP contribution in [0, 0.1) is 11.7 Å². The normalized spacial score (nSPS) is 19.2. The van der Waals surface area contributed by atoms with Gasteiger partial charge < -0.3 is 10.0 Å². The lowest BCUT2D eigenvalue weighted by Gasteiger charge is -2.26. The number of aliphatic carboxylic acids is 1. The first-order valence-electron chi connectivity index (χ1n) is 9.32. The van der Waals surface area contributed by atoms with Crippen LogP contribution in [0.5, 0.6) is 0 Å². The number of carboxylic acid groups (broad SMARTS) is 1. The highest BCUT2D eigenvalue weighted by molar-refractivity contribution is 5.78. The van der Waals surface area contributed by atoms with Crippen LogP contribution in [0.25, 0.3) is 0 Å². The lowest BCUT2D eigenvalue weighted by Crippen LogP contribution is -2.38. The molecule has 0 radical (unpaired) electrons. The van der Waals surface area contributed by atoms with Gasteiger partial charge in [-0.3, -0.25) is 14.5 Å². The molecule has 1 N–H and O–H groups in total. The van der Waals surface area contributed by atoms with Gasteiger partial charge in [0.15, 0.2) is 0 Å². The Hall–Kier alpha value is -1.95. The molecule has 1 amide bonds. The van der Waals surface area contributed by atoms with Crippen LogP contribution in [-0.4, -0.2) is 59.5 Å². The molecule has 1 aromatic rings. The number of likely N-dealkylation sites (N-methyl/N-ethyl adjacent to an activating group) is 1. The Morgan fingerprint density at radius 1 is 1.35 bits per heavy atom. The van der Waals surface area contributed by atoms with Gasteiger partial charge in [-0.25, -0.2) is 4.39 Å². The highest BCUT2D eigenvalue weighted by atomic mass is 19.1. The van der Waals surface area contributed by atoms with Crippen LogP contribution in [0.4, 0.5) is 4.39 Å². The molecule has 1 aromatic carbocycles. The Bertz CT molecular complexity index is 623. The number of hydrogen-bond acceptors (Lipinski definition) is 3. The molecule has 0 aliphatic carbocycles. The second kappa shape index (κ2) is 9.67. The average Bonchev–Trinajstić information content (AvgIpc) is 2.84. The Labute approximate surface area is 154 Å². The Morgan fingerprint density at radius 2 is 2.12 bits per heavy atom. The van der Waals surface area contributed by atoms with Gasteiger partial charge in [-0.15, -0.1) is 0 Å². The van der Waals surface area contributed by atoms with Gasteiger partial charge in [0.05, 0.1) is 6.54 Å².